The quantitative estimate of drug-likeness (QED) is 0.182. The minimum absolute atomic E-state index is 0.107. The van der Waals surface area contributed by atoms with Crippen LogP contribution in [-0.4, -0.2) is 19.7 Å². The summed E-state index contributed by atoms with van der Waals surface area (Å²) in [6.07, 6.45) is 2.06. The van der Waals surface area contributed by atoms with Gasteiger partial charge >= 0.3 is 8.80 Å². The van der Waals surface area contributed by atoms with Gasteiger partial charge in [0.1, 0.15) is 12.4 Å². The molecule has 0 spiro atoms. The standard InChI is InChI=1S/C37H45ClN2O3Si/c1-22(2)44(23(3)4)24(5)17-26-13-16-30-35(36(26)42)40-31-19-37(6,7)20-32(41)33(31)34(39-30)28-15-14-27(18-29(28)38)43-21-25-11-9-8-10-12-25/h8-16,18,22-24,34,39H,17,19-21H2,1-7H3,(H-,40,41,42)/p+2. The van der Waals surface area contributed by atoms with Crippen LogP contribution in [0.3, 0.4) is 0 Å². The maximum atomic E-state index is 13.8. The zero-order chi connectivity index (χ0) is 31.8. The van der Waals surface area contributed by atoms with Gasteiger partial charge in [-0.15, -0.1) is 0 Å². The Morgan fingerprint density at radius 1 is 1.00 bits per heavy atom. The second kappa shape index (κ2) is 13.0. The van der Waals surface area contributed by atoms with Gasteiger partial charge in [0.05, 0.1) is 33.9 Å². The number of rotatable bonds is 9. The summed E-state index contributed by atoms with van der Waals surface area (Å²) in [4.78, 5) is 13.8. The van der Waals surface area contributed by atoms with Crippen molar-refractivity contribution in [2.24, 2.45) is 5.41 Å². The van der Waals surface area contributed by atoms with Crippen LogP contribution in [0.1, 0.15) is 84.0 Å². The zero-order valence-electron chi connectivity index (χ0n) is 27.1. The van der Waals surface area contributed by atoms with E-state index in [4.69, 9.17) is 16.3 Å². The number of fused-ring (bicyclic) bond motifs is 1. The molecule has 0 bridgehead atoms. The van der Waals surface area contributed by atoms with Crippen molar-refractivity contribution in [2.45, 2.75) is 97.0 Å². The number of benzene rings is 3. The Labute approximate surface area is 269 Å². The number of ether oxygens (including phenoxy) is 1. The summed E-state index contributed by atoms with van der Waals surface area (Å²) >= 11 is 6.95. The Kier molecular flexibility index (Phi) is 9.52. The molecule has 1 heterocycles. The first-order chi connectivity index (χ1) is 20.8. The molecule has 2 unspecified atom stereocenters. The Morgan fingerprint density at radius 2 is 1.70 bits per heavy atom. The molecule has 0 fully saturated rings. The highest BCUT2D eigenvalue weighted by Crippen LogP contribution is 2.50. The normalized spacial score (nSPS) is 18.2. The first-order valence-corrected chi connectivity index (χ1v) is 18.0. The van der Waals surface area contributed by atoms with Gasteiger partial charge in [0.15, 0.2) is 11.5 Å². The minimum atomic E-state index is -0.610. The molecule has 0 aromatic heterocycles. The summed E-state index contributed by atoms with van der Waals surface area (Å²) in [7, 11) is -0.610. The van der Waals surface area contributed by atoms with Crippen molar-refractivity contribution in [3.05, 3.63) is 93.6 Å². The van der Waals surface area contributed by atoms with Crippen molar-refractivity contribution in [1.82, 2.24) is 0 Å². The van der Waals surface area contributed by atoms with Gasteiger partial charge in [-0.05, 0) is 81.8 Å². The number of Topliss-reactive ketones (excluding diaryl/α,β-unsaturated/α-hetero) is 1. The van der Waals surface area contributed by atoms with Crippen molar-refractivity contribution >= 4 is 37.6 Å². The smallest absolute Gasteiger partial charge is 0.323 e. The molecule has 7 heteroatoms. The number of anilines is 2. The Morgan fingerprint density at radius 3 is 2.36 bits per heavy atom. The topological polar surface area (TPSA) is 73.3 Å². The number of carbonyl (C=O) groups is 1. The molecule has 4 N–H and O–H groups in total. The molecule has 0 saturated carbocycles. The third-order valence-electron chi connectivity index (χ3n) is 9.04. The van der Waals surface area contributed by atoms with Crippen molar-refractivity contribution in [2.75, 3.05) is 10.6 Å². The molecule has 232 valence electrons. The highest BCUT2D eigenvalue weighted by atomic mass is 35.5. The summed E-state index contributed by atoms with van der Waals surface area (Å²) in [5.74, 6) is 1.29. The Bertz CT molecular complexity index is 1540. The van der Waals surface area contributed by atoms with E-state index in [-0.39, 0.29) is 11.2 Å². The van der Waals surface area contributed by atoms with Crippen LogP contribution in [0.4, 0.5) is 11.4 Å². The fourth-order valence-corrected chi connectivity index (χ4v) is 11.6. The van der Waals surface area contributed by atoms with Gasteiger partial charge in [-0.3, -0.25) is 4.79 Å². The third kappa shape index (κ3) is 6.87. The summed E-state index contributed by atoms with van der Waals surface area (Å²) in [5.41, 5.74) is 7.81. The van der Waals surface area contributed by atoms with E-state index in [1.165, 1.54) is 0 Å². The van der Waals surface area contributed by atoms with E-state index in [1.807, 2.05) is 48.5 Å². The number of nitrogens with one attached hydrogen (secondary N) is 2. The molecule has 5 rings (SSSR count). The van der Waals surface area contributed by atoms with Crippen molar-refractivity contribution in [3.63, 3.8) is 0 Å². The van der Waals surface area contributed by atoms with Crippen LogP contribution in [0, 0.1) is 5.41 Å². The number of carbonyl (C=O) groups excluding carboxylic acids is 1. The molecule has 44 heavy (non-hydrogen) atoms. The molecular formula is C37H47ClN2O3Si+2. The zero-order valence-corrected chi connectivity index (χ0v) is 28.9. The van der Waals surface area contributed by atoms with Crippen LogP contribution in [0.5, 0.6) is 11.5 Å². The lowest BCUT2D eigenvalue weighted by atomic mass is 9.73. The highest BCUT2D eigenvalue weighted by Gasteiger charge is 2.43. The van der Waals surface area contributed by atoms with E-state index in [0.29, 0.717) is 51.7 Å². The average Bonchev–Trinajstić information content (AvgIpc) is 3.10. The second-order valence-corrected chi connectivity index (χ2v) is 18.6. The molecule has 3 aromatic rings. The maximum absolute atomic E-state index is 13.8. The second-order valence-electron chi connectivity index (χ2n) is 13.9. The first-order valence-electron chi connectivity index (χ1n) is 15.8. The van der Waals surface area contributed by atoms with Gasteiger partial charge in [-0.2, -0.15) is 0 Å². The number of ketones is 1. The van der Waals surface area contributed by atoms with Crippen LogP contribution in [0.15, 0.2) is 71.9 Å². The Balaban J connectivity index is 1.50. The van der Waals surface area contributed by atoms with E-state index in [0.717, 1.165) is 46.6 Å². The monoisotopic (exact) mass is 630 g/mol. The van der Waals surface area contributed by atoms with Crippen LogP contribution in [0.2, 0.25) is 21.6 Å². The molecule has 2 aliphatic rings. The fraction of sp³-hybridized carbons (Fsp3) is 0.432. The van der Waals surface area contributed by atoms with Gasteiger partial charge in [0.2, 0.25) is 0 Å². The van der Waals surface area contributed by atoms with Crippen LogP contribution in [0.25, 0.3) is 0 Å². The first kappa shape index (κ1) is 32.2. The largest absolute Gasteiger partial charge is 0.592 e. The Hall–Kier alpha value is -3.22. The molecule has 2 atom stereocenters. The fourth-order valence-electron chi connectivity index (χ4n) is 7.28. The maximum Gasteiger partial charge on any atom is 0.323 e. The number of allylic oxidation sites excluding steroid dienone is 1. The lowest BCUT2D eigenvalue weighted by Crippen LogP contribution is -2.31. The lowest BCUT2D eigenvalue weighted by Gasteiger charge is -2.34. The summed E-state index contributed by atoms with van der Waals surface area (Å²) < 4.78 is 6.04. The molecule has 0 radical (unpaired) electrons. The predicted molar refractivity (Wildman–Crippen MR) is 186 cm³/mol. The molecular weight excluding hydrogens is 584 g/mol. The van der Waals surface area contributed by atoms with E-state index >= 15 is 0 Å². The van der Waals surface area contributed by atoms with Crippen LogP contribution >= 0.6 is 11.6 Å². The predicted octanol–water partition coefficient (Wildman–Crippen LogP) is 9.83. The molecule has 5 nitrogen and oxygen atoms in total. The third-order valence-corrected chi connectivity index (χ3v) is 13.4. The van der Waals surface area contributed by atoms with Crippen LogP contribution in [-0.2, 0) is 17.8 Å². The molecule has 0 amide bonds. The number of halogens is 1. The van der Waals surface area contributed by atoms with Gasteiger partial charge in [0, 0.05) is 29.1 Å². The average molecular weight is 631 g/mol. The molecule has 1 aliphatic heterocycles. The van der Waals surface area contributed by atoms with Gasteiger partial charge in [-0.1, -0.05) is 61.8 Å². The summed E-state index contributed by atoms with van der Waals surface area (Å²) in [6.45, 7) is 16.5. The minimum Gasteiger partial charge on any atom is -0.592 e. The SMILES string of the molecule is CC(C)[Si+](C(C)C)C(C)Cc1ccc2c(c1[OH2+])NC1=C(C(=O)CC(C)(C)C1)C(c1ccc(OCc3ccccc3)cc1Cl)N2. The van der Waals surface area contributed by atoms with Crippen molar-refractivity contribution < 1.29 is 14.6 Å². The van der Waals surface area contributed by atoms with Crippen LogP contribution < -0.4 is 15.4 Å². The number of hydrogen-bond acceptors (Lipinski definition) is 4. The van der Waals surface area contributed by atoms with Crippen molar-refractivity contribution in [3.8, 4) is 11.5 Å². The van der Waals surface area contributed by atoms with Crippen molar-refractivity contribution in [1.29, 1.82) is 0 Å². The van der Waals surface area contributed by atoms with Gasteiger partial charge < -0.3 is 20.5 Å². The van der Waals surface area contributed by atoms with E-state index in [9.17, 15) is 9.90 Å². The van der Waals surface area contributed by atoms with E-state index < -0.39 is 14.8 Å². The summed E-state index contributed by atoms with van der Waals surface area (Å²) in [6, 6.07) is 19.5. The molecule has 3 aromatic carbocycles. The number of hydrogen-bond donors (Lipinski definition) is 2. The lowest BCUT2D eigenvalue weighted by molar-refractivity contribution is -0.118. The van der Waals surface area contributed by atoms with Gasteiger partial charge in [-0.25, -0.2) is 0 Å². The highest BCUT2D eigenvalue weighted by molar-refractivity contribution is 6.63. The molecule has 0 saturated heterocycles. The van der Waals surface area contributed by atoms with E-state index in [2.05, 4.69) is 71.2 Å². The van der Waals surface area contributed by atoms with E-state index in [1.54, 1.807) is 0 Å². The summed E-state index contributed by atoms with van der Waals surface area (Å²) in [5, 5.41) is 17.2. The molecule has 1 aliphatic carbocycles. The van der Waals surface area contributed by atoms with Gasteiger partial charge in [0.25, 0.3) is 5.75 Å².